The summed E-state index contributed by atoms with van der Waals surface area (Å²) in [6, 6.07) is 8.85. The molecule has 29 heavy (non-hydrogen) atoms. The topological polar surface area (TPSA) is 76.3 Å². The fraction of sp³-hybridized carbons (Fsp3) is 0.286. The quantitative estimate of drug-likeness (QED) is 0.689. The van der Waals surface area contributed by atoms with Crippen LogP contribution in [0, 0.1) is 5.82 Å². The van der Waals surface area contributed by atoms with Gasteiger partial charge in [0.15, 0.2) is 0 Å². The molecule has 0 bridgehead atoms. The highest BCUT2D eigenvalue weighted by molar-refractivity contribution is 6.07. The van der Waals surface area contributed by atoms with Crippen molar-refractivity contribution in [3.63, 3.8) is 0 Å². The van der Waals surface area contributed by atoms with Crippen LogP contribution in [-0.4, -0.2) is 28.1 Å². The highest BCUT2D eigenvalue weighted by atomic mass is 19.1. The number of hydrogen-bond acceptors (Lipinski definition) is 4. The number of amides is 1. The molecule has 1 amide bonds. The lowest BCUT2D eigenvalue weighted by Gasteiger charge is -2.23. The zero-order chi connectivity index (χ0) is 20.7. The van der Waals surface area contributed by atoms with Gasteiger partial charge in [0.2, 0.25) is 0 Å². The molecular formula is C21H21FN4O3. The van der Waals surface area contributed by atoms with Crippen molar-refractivity contribution in [2.45, 2.75) is 12.8 Å². The van der Waals surface area contributed by atoms with Crippen molar-refractivity contribution in [3.05, 3.63) is 68.5 Å². The Bertz CT molecular complexity index is 1220. The van der Waals surface area contributed by atoms with Gasteiger partial charge in [-0.3, -0.25) is 14.4 Å². The standard InChI is InChI=1S/C21H21FN4O3/c1-24-17-11-15(23-19(27)13-5-7-14(22)8-6-13)16(26-9-3-4-10-26)12-18(17)25(2)21(29)20(24)28/h5-8,11-12H,3-4,9-10H2,1-2H3,(H,23,27). The molecule has 0 saturated carbocycles. The van der Waals surface area contributed by atoms with Gasteiger partial charge in [0.25, 0.3) is 5.91 Å². The molecule has 0 unspecified atom stereocenters. The van der Waals surface area contributed by atoms with Gasteiger partial charge in [0, 0.05) is 32.7 Å². The second-order valence-electron chi connectivity index (χ2n) is 7.24. The summed E-state index contributed by atoms with van der Waals surface area (Å²) in [7, 11) is 3.10. The number of fused-ring (bicyclic) bond motifs is 1. The summed E-state index contributed by atoms with van der Waals surface area (Å²) in [4.78, 5) is 39.3. The van der Waals surface area contributed by atoms with Crippen LogP contribution in [0.3, 0.4) is 0 Å². The number of nitrogens with zero attached hydrogens (tertiary/aromatic N) is 3. The summed E-state index contributed by atoms with van der Waals surface area (Å²) in [5.74, 6) is -0.791. The minimum Gasteiger partial charge on any atom is -0.370 e. The highest BCUT2D eigenvalue weighted by Gasteiger charge is 2.21. The van der Waals surface area contributed by atoms with E-state index >= 15 is 0 Å². The van der Waals surface area contributed by atoms with E-state index in [2.05, 4.69) is 10.2 Å². The van der Waals surface area contributed by atoms with E-state index in [9.17, 15) is 18.8 Å². The Hall–Kier alpha value is -3.42. The van der Waals surface area contributed by atoms with E-state index in [1.54, 1.807) is 13.1 Å². The summed E-state index contributed by atoms with van der Waals surface area (Å²) in [5.41, 5.74) is 1.57. The third kappa shape index (κ3) is 3.30. The molecule has 4 rings (SSSR count). The third-order valence-electron chi connectivity index (χ3n) is 5.41. The van der Waals surface area contributed by atoms with Gasteiger partial charge in [0.05, 0.1) is 22.4 Å². The van der Waals surface area contributed by atoms with Crippen LogP contribution in [0.1, 0.15) is 23.2 Å². The highest BCUT2D eigenvalue weighted by Crippen LogP contribution is 2.33. The molecule has 3 aromatic rings. The second kappa shape index (κ2) is 7.20. The Balaban J connectivity index is 1.87. The van der Waals surface area contributed by atoms with Crippen LogP contribution >= 0.6 is 0 Å². The largest absolute Gasteiger partial charge is 0.370 e. The van der Waals surface area contributed by atoms with Crippen LogP contribution in [0.15, 0.2) is 46.0 Å². The van der Waals surface area contributed by atoms with Crippen molar-refractivity contribution < 1.29 is 9.18 Å². The first-order valence-electron chi connectivity index (χ1n) is 9.42. The first-order chi connectivity index (χ1) is 13.9. The molecule has 1 aliphatic rings. The average molecular weight is 396 g/mol. The molecule has 2 aromatic carbocycles. The SMILES string of the molecule is Cn1c(=O)c(=O)n(C)c2cc(N3CCCC3)c(NC(=O)c3ccc(F)cc3)cc21. The zero-order valence-corrected chi connectivity index (χ0v) is 16.2. The van der Waals surface area contributed by atoms with E-state index in [4.69, 9.17) is 0 Å². The lowest BCUT2D eigenvalue weighted by atomic mass is 10.1. The van der Waals surface area contributed by atoms with Crippen molar-refractivity contribution in [2.24, 2.45) is 14.1 Å². The van der Waals surface area contributed by atoms with E-state index < -0.39 is 16.9 Å². The second-order valence-corrected chi connectivity index (χ2v) is 7.24. The van der Waals surface area contributed by atoms with Crippen molar-refractivity contribution in [1.29, 1.82) is 0 Å². The molecule has 7 nitrogen and oxygen atoms in total. The molecule has 1 aliphatic heterocycles. The number of rotatable bonds is 3. The van der Waals surface area contributed by atoms with Gasteiger partial charge in [-0.25, -0.2) is 4.39 Å². The van der Waals surface area contributed by atoms with Crippen LogP contribution in [0.5, 0.6) is 0 Å². The minimum atomic E-state index is -0.635. The summed E-state index contributed by atoms with van der Waals surface area (Å²) in [6.45, 7) is 1.68. The molecule has 0 radical (unpaired) electrons. The summed E-state index contributed by atoms with van der Waals surface area (Å²) in [5, 5.41) is 2.89. The lowest BCUT2D eigenvalue weighted by molar-refractivity contribution is 0.102. The van der Waals surface area contributed by atoms with Gasteiger partial charge in [-0.2, -0.15) is 0 Å². The van der Waals surface area contributed by atoms with E-state index in [-0.39, 0.29) is 5.91 Å². The smallest absolute Gasteiger partial charge is 0.316 e. The monoisotopic (exact) mass is 396 g/mol. The molecule has 150 valence electrons. The Labute approximate surface area is 166 Å². The molecule has 1 fully saturated rings. The molecule has 0 atom stereocenters. The van der Waals surface area contributed by atoms with E-state index in [0.29, 0.717) is 22.3 Å². The summed E-state index contributed by atoms with van der Waals surface area (Å²) in [6.07, 6.45) is 2.07. The lowest BCUT2D eigenvalue weighted by Crippen LogP contribution is -2.39. The van der Waals surface area contributed by atoms with Gasteiger partial charge < -0.3 is 19.4 Å². The maximum Gasteiger partial charge on any atom is 0.316 e. The number of anilines is 2. The predicted octanol–water partition coefficient (Wildman–Crippen LogP) is 2.23. The zero-order valence-electron chi connectivity index (χ0n) is 16.2. The fourth-order valence-electron chi connectivity index (χ4n) is 3.72. The number of carbonyl (C=O) groups excluding carboxylic acids is 1. The van der Waals surface area contributed by atoms with E-state index in [0.717, 1.165) is 31.6 Å². The molecule has 2 heterocycles. The van der Waals surface area contributed by atoms with Gasteiger partial charge in [-0.05, 0) is 49.2 Å². The fourth-order valence-corrected chi connectivity index (χ4v) is 3.72. The molecule has 1 aromatic heterocycles. The number of nitrogens with one attached hydrogen (secondary N) is 1. The van der Waals surface area contributed by atoms with Crippen LogP contribution in [0.2, 0.25) is 0 Å². The van der Waals surface area contributed by atoms with E-state index in [1.165, 1.54) is 40.4 Å². The maximum atomic E-state index is 13.2. The average Bonchev–Trinajstić information content (AvgIpc) is 3.25. The molecular weight excluding hydrogens is 375 g/mol. The number of hydrogen-bond donors (Lipinski definition) is 1. The predicted molar refractivity (Wildman–Crippen MR) is 110 cm³/mol. The number of halogens is 1. The van der Waals surface area contributed by atoms with Gasteiger partial charge in [-0.1, -0.05) is 0 Å². The molecule has 8 heteroatoms. The summed E-state index contributed by atoms with van der Waals surface area (Å²) < 4.78 is 15.8. The van der Waals surface area contributed by atoms with Crippen molar-refractivity contribution in [1.82, 2.24) is 9.13 Å². The number of aryl methyl sites for hydroxylation is 2. The molecule has 0 aliphatic carbocycles. The number of carbonyl (C=O) groups is 1. The van der Waals surface area contributed by atoms with Crippen LogP contribution in [0.25, 0.3) is 11.0 Å². The molecule has 0 spiro atoms. The first kappa shape index (κ1) is 18.9. The number of benzene rings is 2. The first-order valence-corrected chi connectivity index (χ1v) is 9.42. The summed E-state index contributed by atoms with van der Waals surface area (Å²) >= 11 is 0. The van der Waals surface area contributed by atoms with Crippen molar-refractivity contribution in [2.75, 3.05) is 23.3 Å². The van der Waals surface area contributed by atoms with Crippen molar-refractivity contribution >= 4 is 28.3 Å². The van der Waals surface area contributed by atoms with Crippen LogP contribution in [-0.2, 0) is 14.1 Å². The Morgan fingerprint density at radius 1 is 0.931 bits per heavy atom. The third-order valence-corrected chi connectivity index (χ3v) is 5.41. The Morgan fingerprint density at radius 3 is 2.07 bits per heavy atom. The number of aromatic nitrogens is 2. The van der Waals surface area contributed by atoms with Crippen LogP contribution in [0.4, 0.5) is 15.8 Å². The van der Waals surface area contributed by atoms with Crippen molar-refractivity contribution in [3.8, 4) is 0 Å². The Kier molecular flexibility index (Phi) is 4.70. The van der Waals surface area contributed by atoms with Gasteiger partial charge in [-0.15, -0.1) is 0 Å². The van der Waals surface area contributed by atoms with E-state index in [1.807, 2.05) is 6.07 Å². The molecule has 1 N–H and O–H groups in total. The van der Waals surface area contributed by atoms with Gasteiger partial charge >= 0.3 is 11.1 Å². The Morgan fingerprint density at radius 2 is 1.48 bits per heavy atom. The maximum absolute atomic E-state index is 13.2. The minimum absolute atomic E-state index is 0.327. The van der Waals surface area contributed by atoms with Crippen LogP contribution < -0.4 is 21.3 Å². The normalized spacial score (nSPS) is 13.8. The van der Waals surface area contributed by atoms with Gasteiger partial charge in [0.1, 0.15) is 5.82 Å². The molecule has 1 saturated heterocycles.